The first kappa shape index (κ1) is 11.4. The molecule has 0 bridgehead atoms. The lowest BCUT2D eigenvalue weighted by Gasteiger charge is -2.05. The van der Waals surface area contributed by atoms with E-state index in [0.29, 0.717) is 5.56 Å². The smallest absolute Gasteiger partial charge is 0.320 e. The molecule has 4 nitrogen and oxygen atoms in total. The molecule has 0 spiro atoms. The first-order chi connectivity index (χ1) is 7.00. The summed E-state index contributed by atoms with van der Waals surface area (Å²) in [5.41, 5.74) is 6.74. The molecule has 15 heavy (non-hydrogen) atoms. The third-order valence-electron chi connectivity index (χ3n) is 2.06. The Labute approximate surface area is 87.7 Å². The van der Waals surface area contributed by atoms with Gasteiger partial charge in [-0.05, 0) is 13.0 Å². The van der Waals surface area contributed by atoms with E-state index >= 15 is 0 Å². The van der Waals surface area contributed by atoms with Crippen molar-refractivity contribution in [2.75, 3.05) is 0 Å². The van der Waals surface area contributed by atoms with Crippen LogP contribution < -0.4 is 5.73 Å². The van der Waals surface area contributed by atoms with Crippen molar-refractivity contribution in [1.82, 2.24) is 0 Å². The summed E-state index contributed by atoms with van der Waals surface area (Å²) in [5.74, 6) is -1.40. The lowest BCUT2D eigenvalue weighted by atomic mass is 10.0. The first-order valence-corrected chi connectivity index (χ1v) is 4.59. The Balaban J connectivity index is 2.73. The average molecular weight is 207 g/mol. The van der Waals surface area contributed by atoms with Gasteiger partial charge < -0.3 is 10.8 Å². The molecule has 4 heteroatoms. The summed E-state index contributed by atoms with van der Waals surface area (Å²) < 4.78 is 0. The second-order valence-electron chi connectivity index (χ2n) is 3.44. The van der Waals surface area contributed by atoms with E-state index in [4.69, 9.17) is 10.8 Å². The Morgan fingerprint density at radius 3 is 2.67 bits per heavy atom. The lowest BCUT2D eigenvalue weighted by molar-refractivity contribution is -0.138. The van der Waals surface area contributed by atoms with E-state index in [2.05, 4.69) is 0 Å². The van der Waals surface area contributed by atoms with Crippen LogP contribution >= 0.6 is 0 Å². The molecule has 0 radical (unpaired) electrons. The van der Waals surface area contributed by atoms with Crippen LogP contribution in [0, 0.1) is 6.92 Å². The largest absolute Gasteiger partial charge is 0.480 e. The molecule has 1 aromatic carbocycles. The van der Waals surface area contributed by atoms with Gasteiger partial charge in [-0.1, -0.05) is 23.8 Å². The molecule has 0 aliphatic rings. The first-order valence-electron chi connectivity index (χ1n) is 4.59. The average Bonchev–Trinajstić information content (AvgIpc) is 2.17. The summed E-state index contributed by atoms with van der Waals surface area (Å²) in [5, 5.41) is 8.56. The van der Waals surface area contributed by atoms with Crippen molar-refractivity contribution in [1.29, 1.82) is 0 Å². The maximum atomic E-state index is 11.6. The van der Waals surface area contributed by atoms with E-state index in [9.17, 15) is 9.59 Å². The maximum absolute atomic E-state index is 11.6. The van der Waals surface area contributed by atoms with Gasteiger partial charge in [0.1, 0.15) is 6.04 Å². The van der Waals surface area contributed by atoms with Gasteiger partial charge in [-0.25, -0.2) is 0 Å². The summed E-state index contributed by atoms with van der Waals surface area (Å²) in [6.07, 6.45) is -0.168. The molecule has 80 valence electrons. The van der Waals surface area contributed by atoms with Crippen molar-refractivity contribution >= 4 is 11.8 Å². The van der Waals surface area contributed by atoms with E-state index < -0.39 is 12.0 Å². The van der Waals surface area contributed by atoms with Crippen LogP contribution in [0.2, 0.25) is 0 Å². The zero-order chi connectivity index (χ0) is 11.4. The SMILES string of the molecule is Cc1cccc(C(=O)CC(N)C(=O)O)c1. The van der Waals surface area contributed by atoms with Crippen LogP contribution in [0.4, 0.5) is 0 Å². The second-order valence-corrected chi connectivity index (χ2v) is 3.44. The molecule has 1 atom stereocenters. The van der Waals surface area contributed by atoms with Crippen molar-refractivity contribution in [2.45, 2.75) is 19.4 Å². The van der Waals surface area contributed by atoms with Crippen LogP contribution in [0.5, 0.6) is 0 Å². The van der Waals surface area contributed by atoms with E-state index in [1.165, 1.54) is 0 Å². The van der Waals surface area contributed by atoms with Crippen molar-refractivity contribution < 1.29 is 14.7 Å². The van der Waals surface area contributed by atoms with E-state index in [1.54, 1.807) is 18.2 Å². The Morgan fingerprint density at radius 1 is 1.47 bits per heavy atom. The number of aryl methyl sites for hydroxylation is 1. The number of carbonyl (C=O) groups excluding carboxylic acids is 1. The highest BCUT2D eigenvalue weighted by Gasteiger charge is 2.17. The fraction of sp³-hybridized carbons (Fsp3) is 0.273. The molecular formula is C11H13NO3. The quantitative estimate of drug-likeness (QED) is 0.721. The Morgan fingerprint density at radius 2 is 2.13 bits per heavy atom. The molecule has 1 aromatic rings. The lowest BCUT2D eigenvalue weighted by Crippen LogP contribution is -2.32. The topological polar surface area (TPSA) is 80.4 Å². The summed E-state index contributed by atoms with van der Waals surface area (Å²) in [4.78, 5) is 22.0. The molecule has 3 N–H and O–H groups in total. The number of rotatable bonds is 4. The third kappa shape index (κ3) is 3.18. The number of nitrogens with two attached hydrogens (primary N) is 1. The highest BCUT2D eigenvalue weighted by Crippen LogP contribution is 2.07. The molecule has 0 saturated heterocycles. The number of aliphatic carboxylic acids is 1. The predicted octanol–water partition coefficient (Wildman–Crippen LogP) is 0.980. The number of carboxylic acids is 1. The van der Waals surface area contributed by atoms with Crippen molar-refractivity contribution in [3.63, 3.8) is 0 Å². The second kappa shape index (κ2) is 4.70. The molecule has 1 unspecified atom stereocenters. The zero-order valence-electron chi connectivity index (χ0n) is 8.43. The highest BCUT2D eigenvalue weighted by atomic mass is 16.4. The minimum atomic E-state index is -1.16. The van der Waals surface area contributed by atoms with Gasteiger partial charge in [0.2, 0.25) is 0 Å². The minimum Gasteiger partial charge on any atom is -0.480 e. The fourth-order valence-corrected chi connectivity index (χ4v) is 1.22. The molecule has 0 aromatic heterocycles. The number of benzene rings is 1. The van der Waals surface area contributed by atoms with Crippen molar-refractivity contribution in [3.8, 4) is 0 Å². The standard InChI is InChI=1S/C11H13NO3/c1-7-3-2-4-8(5-7)10(13)6-9(12)11(14)15/h2-5,9H,6,12H2,1H3,(H,14,15). The molecule has 0 fully saturated rings. The molecule has 0 saturated carbocycles. The van der Waals surface area contributed by atoms with Crippen molar-refractivity contribution in [3.05, 3.63) is 35.4 Å². The number of ketones is 1. The zero-order valence-corrected chi connectivity index (χ0v) is 8.43. The number of carboxylic acid groups (broad SMARTS) is 1. The summed E-state index contributed by atoms with van der Waals surface area (Å²) in [6, 6.07) is 5.88. The van der Waals surface area contributed by atoms with Gasteiger partial charge in [-0.15, -0.1) is 0 Å². The van der Waals surface area contributed by atoms with Gasteiger partial charge in [0.15, 0.2) is 5.78 Å². The maximum Gasteiger partial charge on any atom is 0.320 e. The predicted molar refractivity (Wildman–Crippen MR) is 55.7 cm³/mol. The minimum absolute atomic E-state index is 0.168. The van der Waals surface area contributed by atoms with Gasteiger partial charge in [0.25, 0.3) is 0 Å². The van der Waals surface area contributed by atoms with Crippen molar-refractivity contribution in [2.24, 2.45) is 5.73 Å². The molecular weight excluding hydrogens is 194 g/mol. The van der Waals surface area contributed by atoms with E-state index in [0.717, 1.165) is 5.56 Å². The number of carbonyl (C=O) groups is 2. The Hall–Kier alpha value is -1.68. The van der Waals surface area contributed by atoms with Gasteiger partial charge in [0.05, 0.1) is 0 Å². The Kier molecular flexibility index (Phi) is 3.57. The monoisotopic (exact) mass is 207 g/mol. The summed E-state index contributed by atoms with van der Waals surface area (Å²) in [7, 11) is 0. The normalized spacial score (nSPS) is 12.1. The summed E-state index contributed by atoms with van der Waals surface area (Å²) in [6.45, 7) is 1.87. The third-order valence-corrected chi connectivity index (χ3v) is 2.06. The number of hydrogen-bond acceptors (Lipinski definition) is 3. The summed E-state index contributed by atoms with van der Waals surface area (Å²) >= 11 is 0. The van der Waals surface area contributed by atoms with Crippen LogP contribution in [0.15, 0.2) is 24.3 Å². The van der Waals surface area contributed by atoms with Crippen LogP contribution in [-0.2, 0) is 4.79 Å². The molecule has 0 aliphatic carbocycles. The molecule has 1 rings (SSSR count). The van der Waals surface area contributed by atoms with Crippen LogP contribution in [0.1, 0.15) is 22.3 Å². The van der Waals surface area contributed by atoms with Gasteiger partial charge in [0, 0.05) is 12.0 Å². The van der Waals surface area contributed by atoms with Gasteiger partial charge in [-0.2, -0.15) is 0 Å². The fourth-order valence-electron chi connectivity index (χ4n) is 1.22. The van der Waals surface area contributed by atoms with Crippen LogP contribution in [-0.4, -0.2) is 22.9 Å². The van der Waals surface area contributed by atoms with Gasteiger partial charge in [-0.3, -0.25) is 9.59 Å². The molecule has 0 heterocycles. The molecule has 0 amide bonds. The van der Waals surface area contributed by atoms with Gasteiger partial charge >= 0.3 is 5.97 Å². The Bertz CT molecular complexity index is 387. The van der Waals surface area contributed by atoms with Crippen LogP contribution in [0.3, 0.4) is 0 Å². The molecule has 0 aliphatic heterocycles. The number of Topliss-reactive ketones (excluding diaryl/α,β-unsaturated/α-hetero) is 1. The van der Waals surface area contributed by atoms with E-state index in [1.807, 2.05) is 13.0 Å². The van der Waals surface area contributed by atoms with Crippen LogP contribution in [0.25, 0.3) is 0 Å². The van der Waals surface area contributed by atoms with E-state index in [-0.39, 0.29) is 12.2 Å². The highest BCUT2D eigenvalue weighted by molar-refractivity contribution is 5.98. The number of hydrogen-bond donors (Lipinski definition) is 2.